The number of methoxy groups -OCH3 is 1. The molecule has 0 spiro atoms. The van der Waals surface area contributed by atoms with Crippen LogP contribution >= 0.6 is 0 Å². The highest BCUT2D eigenvalue weighted by Gasteiger charge is 2.28. The number of carbonyl (C=O) groups is 1. The topological polar surface area (TPSA) is 26.3 Å². The molecule has 0 saturated heterocycles. The van der Waals surface area contributed by atoms with E-state index in [1.165, 1.54) is 0 Å². The molecule has 0 bridgehead atoms. The molecule has 2 nitrogen and oxygen atoms in total. The molecule has 0 rings (SSSR count). The molecule has 0 aromatic carbocycles. The number of Topliss-reactive ketones (excluding diaryl/α,β-unsaturated/α-hetero) is 1. The van der Waals surface area contributed by atoms with Gasteiger partial charge in [0, 0.05) is 18.9 Å². The molecule has 0 N–H and O–H groups in total. The van der Waals surface area contributed by atoms with Crippen LogP contribution in [-0.4, -0.2) is 18.5 Å². The first-order valence-corrected chi connectivity index (χ1v) is 4.27. The Kier molecular flexibility index (Phi) is 3.45. The van der Waals surface area contributed by atoms with Crippen LogP contribution < -0.4 is 0 Å². The molecule has 2 heteroatoms. The first kappa shape index (κ1) is 11.6. The fourth-order valence-electron chi connectivity index (χ4n) is 0.724. The minimum Gasteiger partial charge on any atom is -0.378 e. The molecular weight excluding hydrogens is 152 g/mol. The summed E-state index contributed by atoms with van der Waals surface area (Å²) in [7, 11) is 1.63. The summed E-state index contributed by atoms with van der Waals surface area (Å²) >= 11 is 0. The fourth-order valence-corrected chi connectivity index (χ4v) is 0.724. The molecule has 0 saturated carbocycles. The predicted octanol–water partition coefficient (Wildman–Crippen LogP) is 2.42. The predicted molar refractivity (Wildman–Crippen MR) is 50.2 cm³/mol. The lowest BCUT2D eigenvalue weighted by molar-refractivity contribution is -0.131. The largest absolute Gasteiger partial charge is 0.378 e. The molecule has 0 aliphatic heterocycles. The summed E-state index contributed by atoms with van der Waals surface area (Å²) in [5.41, 5.74) is -0.583. The number of hydrogen-bond acceptors (Lipinski definition) is 2. The van der Waals surface area contributed by atoms with E-state index >= 15 is 0 Å². The maximum Gasteiger partial charge on any atom is 0.141 e. The van der Waals surface area contributed by atoms with Crippen LogP contribution in [0.4, 0.5) is 0 Å². The van der Waals surface area contributed by atoms with E-state index in [2.05, 4.69) is 0 Å². The van der Waals surface area contributed by atoms with E-state index in [9.17, 15) is 4.79 Å². The first-order valence-electron chi connectivity index (χ1n) is 4.27. The van der Waals surface area contributed by atoms with Gasteiger partial charge in [-0.3, -0.25) is 4.79 Å². The van der Waals surface area contributed by atoms with Gasteiger partial charge in [-0.1, -0.05) is 20.8 Å². The number of ether oxygens (including phenoxy) is 1. The molecule has 0 heterocycles. The summed E-state index contributed by atoms with van der Waals surface area (Å²) in [6.07, 6.45) is 0.479. The van der Waals surface area contributed by atoms with Crippen molar-refractivity contribution in [3.8, 4) is 0 Å². The van der Waals surface area contributed by atoms with Gasteiger partial charge < -0.3 is 4.74 Å². The highest BCUT2D eigenvalue weighted by molar-refractivity contribution is 5.84. The minimum atomic E-state index is -0.329. The average molecular weight is 172 g/mol. The lowest BCUT2D eigenvalue weighted by Crippen LogP contribution is -2.32. The van der Waals surface area contributed by atoms with Crippen LogP contribution in [0.25, 0.3) is 0 Å². The molecule has 0 unspecified atom stereocenters. The molecule has 0 fully saturated rings. The second-order valence-corrected chi connectivity index (χ2v) is 4.81. The second-order valence-electron chi connectivity index (χ2n) is 4.81. The smallest absolute Gasteiger partial charge is 0.141 e. The Morgan fingerprint density at radius 1 is 1.17 bits per heavy atom. The Morgan fingerprint density at radius 2 is 1.58 bits per heavy atom. The van der Waals surface area contributed by atoms with E-state index in [0.717, 1.165) is 0 Å². The Balaban J connectivity index is 4.20. The molecule has 72 valence electrons. The van der Waals surface area contributed by atoms with Crippen molar-refractivity contribution in [2.24, 2.45) is 5.41 Å². The van der Waals surface area contributed by atoms with Crippen molar-refractivity contribution >= 4 is 5.78 Å². The van der Waals surface area contributed by atoms with Gasteiger partial charge in [-0.05, 0) is 13.8 Å². The van der Waals surface area contributed by atoms with Crippen LogP contribution in [0.3, 0.4) is 0 Å². The lowest BCUT2D eigenvalue weighted by Gasteiger charge is -2.26. The van der Waals surface area contributed by atoms with Gasteiger partial charge in [-0.25, -0.2) is 0 Å². The Hall–Kier alpha value is -0.370. The van der Waals surface area contributed by atoms with Gasteiger partial charge in [0.1, 0.15) is 5.78 Å². The third-order valence-electron chi connectivity index (χ3n) is 1.98. The maximum absolute atomic E-state index is 11.6. The van der Waals surface area contributed by atoms with Crippen molar-refractivity contribution in [3.05, 3.63) is 0 Å². The Morgan fingerprint density at radius 3 is 1.83 bits per heavy atom. The van der Waals surface area contributed by atoms with Gasteiger partial charge in [-0.15, -0.1) is 0 Å². The third-order valence-corrected chi connectivity index (χ3v) is 1.98. The molecule has 0 radical (unpaired) electrons. The van der Waals surface area contributed by atoms with Crippen molar-refractivity contribution in [1.29, 1.82) is 0 Å². The summed E-state index contributed by atoms with van der Waals surface area (Å²) in [4.78, 5) is 11.6. The van der Waals surface area contributed by atoms with Crippen molar-refractivity contribution < 1.29 is 9.53 Å². The van der Waals surface area contributed by atoms with Gasteiger partial charge in [0.05, 0.1) is 5.60 Å². The molecular formula is C10H20O2. The zero-order chi connectivity index (χ0) is 9.99. The van der Waals surface area contributed by atoms with Gasteiger partial charge in [0.25, 0.3) is 0 Å². The van der Waals surface area contributed by atoms with E-state index in [-0.39, 0.29) is 16.8 Å². The van der Waals surface area contributed by atoms with Crippen molar-refractivity contribution in [1.82, 2.24) is 0 Å². The van der Waals surface area contributed by atoms with E-state index in [1.54, 1.807) is 7.11 Å². The normalized spacial score (nSPS) is 13.2. The quantitative estimate of drug-likeness (QED) is 0.653. The standard InChI is InChI=1S/C10H20O2/c1-9(2,3)8(11)7-10(4,5)12-6/h7H2,1-6H3. The highest BCUT2D eigenvalue weighted by atomic mass is 16.5. The van der Waals surface area contributed by atoms with E-state index < -0.39 is 0 Å². The maximum atomic E-state index is 11.6. The Bertz CT molecular complexity index is 163. The molecule has 0 aromatic heterocycles. The lowest BCUT2D eigenvalue weighted by atomic mass is 9.84. The molecule has 0 atom stereocenters. The zero-order valence-electron chi connectivity index (χ0n) is 9.02. The summed E-state index contributed by atoms with van der Waals surface area (Å²) in [6.45, 7) is 9.65. The summed E-state index contributed by atoms with van der Waals surface area (Å²) in [5.74, 6) is 0.245. The first-order chi connectivity index (χ1) is 5.19. The number of carbonyl (C=O) groups excluding carboxylic acids is 1. The average Bonchev–Trinajstić information content (AvgIpc) is 1.85. The van der Waals surface area contributed by atoms with E-state index in [4.69, 9.17) is 4.74 Å². The monoisotopic (exact) mass is 172 g/mol. The molecule has 0 aromatic rings. The SMILES string of the molecule is COC(C)(C)CC(=O)C(C)(C)C. The summed E-state index contributed by atoms with van der Waals surface area (Å²) in [6, 6.07) is 0. The van der Waals surface area contributed by atoms with E-state index in [0.29, 0.717) is 6.42 Å². The highest BCUT2D eigenvalue weighted by Crippen LogP contribution is 2.23. The summed E-state index contributed by atoms with van der Waals surface area (Å²) in [5, 5.41) is 0. The van der Waals surface area contributed by atoms with Crippen LogP contribution in [0.1, 0.15) is 41.0 Å². The van der Waals surface area contributed by atoms with Gasteiger partial charge in [0.2, 0.25) is 0 Å². The molecule has 0 aliphatic rings. The number of rotatable bonds is 3. The number of ketones is 1. The van der Waals surface area contributed by atoms with Crippen molar-refractivity contribution in [2.75, 3.05) is 7.11 Å². The molecule has 0 aliphatic carbocycles. The van der Waals surface area contributed by atoms with Crippen LogP contribution in [-0.2, 0) is 9.53 Å². The van der Waals surface area contributed by atoms with Crippen LogP contribution in [0, 0.1) is 5.41 Å². The summed E-state index contributed by atoms with van der Waals surface area (Å²) < 4.78 is 5.18. The minimum absolute atomic E-state index is 0.245. The van der Waals surface area contributed by atoms with Gasteiger partial charge in [0.15, 0.2) is 0 Å². The van der Waals surface area contributed by atoms with Crippen LogP contribution in [0.5, 0.6) is 0 Å². The second kappa shape index (κ2) is 3.56. The van der Waals surface area contributed by atoms with Gasteiger partial charge >= 0.3 is 0 Å². The zero-order valence-corrected chi connectivity index (χ0v) is 9.02. The van der Waals surface area contributed by atoms with Crippen molar-refractivity contribution in [2.45, 2.75) is 46.6 Å². The van der Waals surface area contributed by atoms with Crippen molar-refractivity contribution in [3.63, 3.8) is 0 Å². The molecule has 0 amide bonds. The van der Waals surface area contributed by atoms with Crippen LogP contribution in [0.2, 0.25) is 0 Å². The third kappa shape index (κ3) is 3.86. The van der Waals surface area contributed by atoms with Gasteiger partial charge in [-0.2, -0.15) is 0 Å². The number of hydrogen-bond donors (Lipinski definition) is 0. The fraction of sp³-hybridized carbons (Fsp3) is 0.900. The van der Waals surface area contributed by atoms with Crippen LogP contribution in [0.15, 0.2) is 0 Å². The molecule has 12 heavy (non-hydrogen) atoms. The Labute approximate surface area is 75.3 Å². The van der Waals surface area contributed by atoms with E-state index in [1.807, 2.05) is 34.6 Å².